The lowest BCUT2D eigenvalue weighted by Crippen LogP contribution is -2.64. The summed E-state index contributed by atoms with van der Waals surface area (Å²) in [7, 11) is 0. The zero-order valence-corrected chi connectivity index (χ0v) is 19.2. The second kappa shape index (κ2) is 8.28. The Morgan fingerprint density at radius 2 is 1.94 bits per heavy atom. The maximum absolute atomic E-state index is 13.9. The van der Waals surface area contributed by atoms with Gasteiger partial charge in [-0.1, -0.05) is 13.0 Å². The predicted octanol–water partition coefficient (Wildman–Crippen LogP) is 5.28. The molecule has 6 rings (SSSR count). The second-order valence-electron chi connectivity index (χ2n) is 8.89. The first-order valence-electron chi connectivity index (χ1n) is 11.0. The minimum Gasteiger partial charge on any atom is -0.491 e. The lowest BCUT2D eigenvalue weighted by molar-refractivity contribution is -0.0672. The number of ether oxygens (including phenoxy) is 1. The van der Waals surface area contributed by atoms with Crippen LogP contribution in [0.15, 0.2) is 42.6 Å². The number of aromatic nitrogens is 2. The van der Waals surface area contributed by atoms with E-state index in [0.29, 0.717) is 29.9 Å². The number of thiazole rings is 1. The van der Waals surface area contributed by atoms with E-state index >= 15 is 0 Å². The van der Waals surface area contributed by atoms with Crippen molar-refractivity contribution in [1.82, 2.24) is 14.9 Å². The van der Waals surface area contributed by atoms with Crippen LogP contribution in [0, 0.1) is 31.5 Å². The fraction of sp³-hybridized carbons (Fsp3) is 0.400. The molecule has 4 heterocycles. The van der Waals surface area contributed by atoms with Crippen LogP contribution in [0.5, 0.6) is 5.75 Å². The number of amides is 1. The first-order valence-corrected chi connectivity index (χ1v) is 11.8. The van der Waals surface area contributed by atoms with Gasteiger partial charge in [0.25, 0.3) is 5.91 Å². The van der Waals surface area contributed by atoms with Crippen LogP contribution in [0.2, 0.25) is 0 Å². The average molecular weight is 452 g/mol. The quantitative estimate of drug-likeness (QED) is 0.530. The van der Waals surface area contributed by atoms with Crippen molar-refractivity contribution < 1.29 is 13.9 Å². The molecule has 3 aliphatic rings. The van der Waals surface area contributed by atoms with Crippen LogP contribution in [-0.4, -0.2) is 39.5 Å². The Kier molecular flexibility index (Phi) is 5.45. The van der Waals surface area contributed by atoms with Crippen LogP contribution < -0.4 is 4.74 Å². The van der Waals surface area contributed by atoms with E-state index in [4.69, 9.17) is 4.74 Å². The van der Waals surface area contributed by atoms with Crippen LogP contribution in [0.4, 0.5) is 4.39 Å². The van der Waals surface area contributed by atoms with E-state index in [1.807, 2.05) is 37.1 Å². The third kappa shape index (κ3) is 3.79. The predicted molar refractivity (Wildman–Crippen MR) is 122 cm³/mol. The maximum Gasteiger partial charge on any atom is 0.274 e. The Labute approximate surface area is 191 Å². The zero-order valence-electron chi connectivity index (χ0n) is 18.4. The second-order valence-corrected chi connectivity index (χ2v) is 10.1. The molecule has 1 amide bonds. The molecule has 3 fully saturated rings. The van der Waals surface area contributed by atoms with E-state index in [-0.39, 0.29) is 23.8 Å². The minimum absolute atomic E-state index is 0.0346. The number of carbonyl (C=O) groups is 1. The Balaban J connectivity index is 1.43. The molecule has 32 heavy (non-hydrogen) atoms. The highest BCUT2D eigenvalue weighted by molar-refractivity contribution is 7.15. The van der Waals surface area contributed by atoms with E-state index in [1.165, 1.54) is 23.5 Å². The number of halogens is 1. The molecule has 2 atom stereocenters. The highest BCUT2D eigenvalue weighted by Gasteiger charge is 2.51. The Hall–Kier alpha value is -2.80. The van der Waals surface area contributed by atoms with Crippen molar-refractivity contribution in [3.63, 3.8) is 0 Å². The van der Waals surface area contributed by atoms with Crippen molar-refractivity contribution in [3.05, 3.63) is 64.8 Å². The van der Waals surface area contributed by atoms with Crippen molar-refractivity contribution in [2.75, 3.05) is 6.61 Å². The summed E-state index contributed by atoms with van der Waals surface area (Å²) >= 11 is 1.53. The molecule has 0 radical (unpaired) electrons. The standard InChI is InChI=1S/C25H26FN3O2S/c1-14-4-5-17(12-27-14)24-23(28-16(3)32-24)25(30)29-20-10-18(11-20)15(2)22(29)13-31-21-8-6-19(26)7-9-21/h4-9,12,15,18,20,22H,10-11,13H2,1-3H3. The molecule has 1 aliphatic carbocycles. The number of hydrogen-bond donors (Lipinski definition) is 0. The normalized spacial score (nSPS) is 24.2. The maximum atomic E-state index is 13.9. The summed E-state index contributed by atoms with van der Waals surface area (Å²) in [6.07, 6.45) is 3.88. The number of nitrogens with zero attached hydrogens (tertiary/aromatic N) is 3. The molecule has 2 aromatic heterocycles. The van der Waals surface area contributed by atoms with Gasteiger partial charge in [-0.25, -0.2) is 9.37 Å². The Morgan fingerprint density at radius 3 is 2.62 bits per heavy atom. The van der Waals surface area contributed by atoms with Crippen LogP contribution in [0.3, 0.4) is 0 Å². The SMILES string of the molecule is Cc1ccc(-c2sc(C)nc2C(=O)N2C3CC(C3)C(C)C2COc2ccc(F)cc2)cn1. The molecule has 2 aliphatic heterocycles. The van der Waals surface area contributed by atoms with Gasteiger partial charge in [0.05, 0.1) is 15.9 Å². The smallest absolute Gasteiger partial charge is 0.274 e. The van der Waals surface area contributed by atoms with Gasteiger partial charge in [0, 0.05) is 23.5 Å². The van der Waals surface area contributed by atoms with Crippen LogP contribution in [0.1, 0.15) is 41.0 Å². The number of hydrogen-bond acceptors (Lipinski definition) is 5. The van der Waals surface area contributed by atoms with Crippen molar-refractivity contribution in [1.29, 1.82) is 0 Å². The monoisotopic (exact) mass is 451 g/mol. The third-order valence-electron chi connectivity index (χ3n) is 6.83. The van der Waals surface area contributed by atoms with E-state index in [2.05, 4.69) is 16.9 Å². The lowest BCUT2D eigenvalue weighted by atomic mass is 9.64. The van der Waals surface area contributed by atoms with Crippen LogP contribution in [-0.2, 0) is 0 Å². The van der Waals surface area contributed by atoms with Gasteiger partial charge in [-0.15, -0.1) is 11.3 Å². The Bertz CT molecular complexity index is 1120. The molecule has 1 aromatic carbocycles. The molecular weight excluding hydrogens is 425 g/mol. The van der Waals surface area contributed by atoms with Gasteiger partial charge in [-0.2, -0.15) is 0 Å². The summed E-state index contributed by atoms with van der Waals surface area (Å²) < 4.78 is 19.2. The highest BCUT2D eigenvalue weighted by atomic mass is 32.1. The molecule has 5 nitrogen and oxygen atoms in total. The summed E-state index contributed by atoms with van der Waals surface area (Å²) in [5, 5.41) is 0.861. The van der Waals surface area contributed by atoms with Crippen LogP contribution >= 0.6 is 11.3 Å². The van der Waals surface area contributed by atoms with E-state index in [0.717, 1.165) is 34.0 Å². The Morgan fingerprint density at radius 1 is 1.19 bits per heavy atom. The number of aryl methyl sites for hydroxylation is 2. The summed E-state index contributed by atoms with van der Waals surface area (Å²) in [6.45, 7) is 6.47. The largest absolute Gasteiger partial charge is 0.491 e. The van der Waals surface area contributed by atoms with E-state index in [9.17, 15) is 9.18 Å². The van der Waals surface area contributed by atoms with Gasteiger partial charge in [0.1, 0.15) is 23.9 Å². The van der Waals surface area contributed by atoms with Crippen molar-refractivity contribution in [3.8, 4) is 16.2 Å². The van der Waals surface area contributed by atoms with Crippen molar-refractivity contribution >= 4 is 17.2 Å². The molecule has 2 saturated heterocycles. The molecule has 2 unspecified atom stereocenters. The van der Waals surface area contributed by atoms with Gasteiger partial charge in [-0.3, -0.25) is 9.78 Å². The average Bonchev–Trinajstić information content (AvgIpc) is 3.14. The number of carbonyl (C=O) groups excluding carboxylic acids is 1. The minimum atomic E-state index is -0.293. The van der Waals surface area contributed by atoms with Crippen LogP contribution in [0.25, 0.3) is 10.4 Å². The van der Waals surface area contributed by atoms with Gasteiger partial charge in [-0.05, 0) is 68.9 Å². The fourth-order valence-electron chi connectivity index (χ4n) is 4.88. The number of pyridine rings is 1. The molecule has 0 N–H and O–H groups in total. The van der Waals surface area contributed by atoms with Crippen molar-refractivity contribution in [2.24, 2.45) is 11.8 Å². The summed E-state index contributed by atoms with van der Waals surface area (Å²) in [5.41, 5.74) is 2.36. The zero-order chi connectivity index (χ0) is 22.4. The summed E-state index contributed by atoms with van der Waals surface area (Å²) in [6, 6.07) is 10.2. The molecule has 0 spiro atoms. The molecule has 2 bridgehead atoms. The molecule has 3 aromatic rings. The molecule has 166 valence electrons. The lowest BCUT2D eigenvalue weighted by Gasteiger charge is -2.57. The first kappa shape index (κ1) is 21.1. The van der Waals surface area contributed by atoms with Gasteiger partial charge < -0.3 is 9.64 Å². The third-order valence-corrected chi connectivity index (χ3v) is 7.85. The topological polar surface area (TPSA) is 55.3 Å². The van der Waals surface area contributed by atoms with Gasteiger partial charge >= 0.3 is 0 Å². The number of piperidine rings is 2. The molecule has 7 heteroatoms. The number of fused-ring (bicyclic) bond motifs is 2. The summed E-state index contributed by atoms with van der Waals surface area (Å²) in [4.78, 5) is 25.8. The summed E-state index contributed by atoms with van der Waals surface area (Å²) in [5.74, 6) is 1.23. The van der Waals surface area contributed by atoms with Gasteiger partial charge in [0.2, 0.25) is 0 Å². The van der Waals surface area contributed by atoms with Crippen molar-refractivity contribution in [2.45, 2.75) is 45.7 Å². The fourth-order valence-corrected chi connectivity index (χ4v) is 5.78. The van der Waals surface area contributed by atoms with E-state index in [1.54, 1.807) is 12.1 Å². The highest BCUT2D eigenvalue weighted by Crippen LogP contribution is 2.47. The first-order chi connectivity index (χ1) is 15.4. The molecular formula is C25H26FN3O2S. The van der Waals surface area contributed by atoms with E-state index < -0.39 is 0 Å². The molecule has 1 saturated carbocycles. The van der Waals surface area contributed by atoms with Gasteiger partial charge in [0.15, 0.2) is 0 Å². The number of rotatable bonds is 5. The number of benzene rings is 1.